The Labute approximate surface area is 307 Å². The molecule has 0 radical (unpaired) electrons. The number of carbonyl (C=O) groups excluding carboxylic acids is 1. The van der Waals surface area contributed by atoms with Gasteiger partial charge in [-0.25, -0.2) is 0 Å². The molecule has 0 atom stereocenters. The molecular formula is C43H50N4O5. The zero-order valence-electron chi connectivity index (χ0n) is 30.6. The van der Waals surface area contributed by atoms with Gasteiger partial charge in [0, 0.05) is 86.7 Å². The Balaban J connectivity index is 1.17. The van der Waals surface area contributed by atoms with E-state index >= 15 is 0 Å². The number of ketones is 1. The number of hydrogen-bond donors (Lipinski definition) is 1. The summed E-state index contributed by atoms with van der Waals surface area (Å²) < 4.78 is 14.4. The van der Waals surface area contributed by atoms with Gasteiger partial charge in [0.05, 0.1) is 24.6 Å². The molecule has 0 unspecified atom stereocenters. The molecule has 6 rings (SSSR count). The molecule has 1 N–H and O–H groups in total. The fraction of sp³-hybridized carbons (Fsp3) is 0.349. The van der Waals surface area contributed by atoms with Crippen LogP contribution in [0.15, 0.2) is 97.2 Å². The second kappa shape index (κ2) is 17.3. The van der Waals surface area contributed by atoms with Crippen LogP contribution in [0.4, 0.5) is 17.1 Å². The number of carboxylic acids is 1. The van der Waals surface area contributed by atoms with Crippen LogP contribution in [-0.2, 0) is 17.8 Å². The van der Waals surface area contributed by atoms with E-state index in [0.29, 0.717) is 43.1 Å². The number of benzene rings is 4. The maximum absolute atomic E-state index is 14.2. The van der Waals surface area contributed by atoms with Gasteiger partial charge in [-0.05, 0) is 80.3 Å². The first-order valence-electron chi connectivity index (χ1n) is 18.5. The lowest BCUT2D eigenvalue weighted by molar-refractivity contribution is -0.137. The van der Waals surface area contributed by atoms with Crippen LogP contribution < -0.4 is 19.3 Å². The average molecular weight is 703 g/mol. The van der Waals surface area contributed by atoms with E-state index in [4.69, 9.17) is 14.6 Å². The number of para-hydroxylation sites is 3. The number of rotatable bonds is 17. The van der Waals surface area contributed by atoms with Crippen molar-refractivity contribution in [2.24, 2.45) is 0 Å². The number of aromatic nitrogens is 1. The Hall–Kier alpha value is -5.28. The first kappa shape index (κ1) is 36.5. The number of hydrogen-bond acceptors (Lipinski definition) is 7. The summed E-state index contributed by atoms with van der Waals surface area (Å²) in [7, 11) is 2.03. The minimum absolute atomic E-state index is 0.0752. The van der Waals surface area contributed by atoms with Gasteiger partial charge >= 0.3 is 5.97 Å². The molecule has 1 aromatic heterocycles. The molecule has 272 valence electrons. The molecule has 52 heavy (non-hydrogen) atoms. The number of ether oxygens (including phenoxy) is 2. The largest absolute Gasteiger partial charge is 0.492 e. The number of piperazine rings is 1. The van der Waals surface area contributed by atoms with Gasteiger partial charge in [0.25, 0.3) is 0 Å². The van der Waals surface area contributed by atoms with Crippen molar-refractivity contribution in [3.63, 3.8) is 0 Å². The molecule has 1 saturated heterocycles. The van der Waals surface area contributed by atoms with Crippen LogP contribution in [0.2, 0.25) is 0 Å². The summed E-state index contributed by atoms with van der Waals surface area (Å²) in [5, 5.41) is 10.0. The lowest BCUT2D eigenvalue weighted by Crippen LogP contribution is -2.46. The van der Waals surface area contributed by atoms with Gasteiger partial charge in [-0.3, -0.25) is 14.5 Å². The molecule has 0 amide bonds. The highest BCUT2D eigenvalue weighted by molar-refractivity contribution is 6.16. The summed E-state index contributed by atoms with van der Waals surface area (Å²) in [5.74, 6) is 0.684. The molecule has 0 spiro atoms. The number of nitrogens with zero attached hydrogens (tertiary/aromatic N) is 4. The van der Waals surface area contributed by atoms with Crippen LogP contribution >= 0.6 is 0 Å². The average Bonchev–Trinajstić information content (AvgIpc) is 3.55. The molecule has 1 fully saturated rings. The highest BCUT2D eigenvalue weighted by Crippen LogP contribution is 2.36. The molecule has 1 aliphatic rings. The summed E-state index contributed by atoms with van der Waals surface area (Å²) in [5.41, 5.74) is 6.41. The van der Waals surface area contributed by atoms with E-state index in [2.05, 4.69) is 58.0 Å². The maximum atomic E-state index is 14.2. The van der Waals surface area contributed by atoms with Crippen LogP contribution in [0.25, 0.3) is 10.9 Å². The molecule has 1 aliphatic heterocycles. The van der Waals surface area contributed by atoms with Crippen LogP contribution in [0.3, 0.4) is 0 Å². The molecule has 4 aromatic carbocycles. The van der Waals surface area contributed by atoms with Crippen molar-refractivity contribution in [1.29, 1.82) is 0 Å². The van der Waals surface area contributed by atoms with Crippen molar-refractivity contribution in [1.82, 2.24) is 9.47 Å². The van der Waals surface area contributed by atoms with Crippen molar-refractivity contribution in [3.05, 3.63) is 114 Å². The minimum atomic E-state index is -0.825. The summed E-state index contributed by atoms with van der Waals surface area (Å²) >= 11 is 0. The standard InChI is InChI=1S/C43H50N4O5/c1-4-32-17-20-34(21-18-32)44(3)38-22-19-33(43(50)36-31-47(24-10-16-42(48)49)37-13-7-6-12-35(36)37)30-41(38)52-29-11-23-45-25-27-46(28-26-45)39-14-8-9-15-40(39)51-5-2/h6-9,12-15,17-22,30-31H,4-5,10-11,16,23-29H2,1-3H3,(H,48,49). The van der Waals surface area contributed by atoms with E-state index in [-0.39, 0.29) is 12.2 Å². The van der Waals surface area contributed by atoms with Crippen molar-refractivity contribution in [3.8, 4) is 11.5 Å². The first-order valence-corrected chi connectivity index (χ1v) is 18.5. The molecule has 0 saturated carbocycles. The third-order valence-corrected chi connectivity index (χ3v) is 9.89. The van der Waals surface area contributed by atoms with Crippen molar-refractivity contribution in [2.75, 3.05) is 62.8 Å². The second-order valence-corrected chi connectivity index (χ2v) is 13.3. The van der Waals surface area contributed by atoms with E-state index in [1.54, 1.807) is 0 Å². The number of aryl methyl sites for hydroxylation is 2. The summed E-state index contributed by atoms with van der Waals surface area (Å²) in [6.45, 7) is 10.6. The van der Waals surface area contributed by atoms with Gasteiger partial charge in [-0.1, -0.05) is 49.4 Å². The predicted octanol–water partition coefficient (Wildman–Crippen LogP) is 8.06. The fourth-order valence-electron chi connectivity index (χ4n) is 6.99. The Kier molecular flexibility index (Phi) is 12.1. The molecule has 2 heterocycles. The molecule has 5 aromatic rings. The SMILES string of the molecule is CCOc1ccccc1N1CCN(CCCOc2cc(C(=O)c3cn(CCCC(=O)O)c4ccccc34)ccc2N(C)c2ccc(CC)cc2)CC1. The van der Waals surface area contributed by atoms with Gasteiger partial charge < -0.3 is 28.9 Å². The van der Waals surface area contributed by atoms with E-state index in [1.165, 1.54) is 5.56 Å². The van der Waals surface area contributed by atoms with Crippen LogP contribution in [0.1, 0.15) is 54.6 Å². The smallest absolute Gasteiger partial charge is 0.303 e. The Morgan fingerprint density at radius 3 is 2.31 bits per heavy atom. The number of carbonyl (C=O) groups is 2. The van der Waals surface area contributed by atoms with Crippen LogP contribution in [-0.4, -0.2) is 79.3 Å². The number of carboxylic acid groups (broad SMARTS) is 1. The topological polar surface area (TPSA) is 87.5 Å². The number of aliphatic carboxylic acids is 1. The van der Waals surface area contributed by atoms with Crippen molar-refractivity contribution >= 4 is 39.7 Å². The molecular weight excluding hydrogens is 652 g/mol. The third kappa shape index (κ3) is 8.60. The van der Waals surface area contributed by atoms with E-state index in [1.807, 2.05) is 79.3 Å². The zero-order chi connectivity index (χ0) is 36.5. The minimum Gasteiger partial charge on any atom is -0.492 e. The second-order valence-electron chi connectivity index (χ2n) is 13.3. The van der Waals surface area contributed by atoms with E-state index in [0.717, 1.165) is 79.3 Å². The van der Waals surface area contributed by atoms with Gasteiger partial charge in [-0.2, -0.15) is 0 Å². The van der Waals surface area contributed by atoms with E-state index in [9.17, 15) is 9.59 Å². The monoisotopic (exact) mass is 702 g/mol. The van der Waals surface area contributed by atoms with Gasteiger partial charge in [0.1, 0.15) is 11.5 Å². The summed E-state index contributed by atoms with van der Waals surface area (Å²) in [6.07, 6.45) is 4.25. The highest BCUT2D eigenvalue weighted by Gasteiger charge is 2.22. The van der Waals surface area contributed by atoms with Crippen molar-refractivity contribution < 1.29 is 24.2 Å². The van der Waals surface area contributed by atoms with E-state index < -0.39 is 5.97 Å². The predicted molar refractivity (Wildman–Crippen MR) is 209 cm³/mol. The highest BCUT2D eigenvalue weighted by atomic mass is 16.5. The third-order valence-electron chi connectivity index (χ3n) is 9.89. The first-order chi connectivity index (χ1) is 25.4. The molecule has 9 nitrogen and oxygen atoms in total. The van der Waals surface area contributed by atoms with Crippen molar-refractivity contribution in [2.45, 2.75) is 46.1 Å². The number of anilines is 3. The normalized spacial score (nSPS) is 13.3. The summed E-state index contributed by atoms with van der Waals surface area (Å²) in [6, 6.07) is 30.3. The summed E-state index contributed by atoms with van der Waals surface area (Å²) in [4.78, 5) is 32.3. The quantitative estimate of drug-likeness (QED) is 0.0770. The van der Waals surface area contributed by atoms with Gasteiger partial charge in [0.15, 0.2) is 5.78 Å². The Bertz CT molecular complexity index is 1960. The lowest BCUT2D eigenvalue weighted by atomic mass is 10.0. The van der Waals surface area contributed by atoms with Crippen LogP contribution in [0.5, 0.6) is 11.5 Å². The van der Waals surface area contributed by atoms with Gasteiger partial charge in [-0.15, -0.1) is 0 Å². The molecule has 0 bridgehead atoms. The Morgan fingerprint density at radius 1 is 0.808 bits per heavy atom. The van der Waals surface area contributed by atoms with Gasteiger partial charge in [0.2, 0.25) is 0 Å². The Morgan fingerprint density at radius 2 is 1.56 bits per heavy atom. The lowest BCUT2D eigenvalue weighted by Gasteiger charge is -2.36. The zero-order valence-corrected chi connectivity index (χ0v) is 30.6. The fourth-order valence-corrected chi connectivity index (χ4v) is 6.99. The molecule has 0 aliphatic carbocycles. The maximum Gasteiger partial charge on any atom is 0.303 e. The number of fused-ring (bicyclic) bond motifs is 1. The molecule has 9 heteroatoms. The van der Waals surface area contributed by atoms with Crippen LogP contribution in [0, 0.1) is 0 Å².